The monoisotopic (exact) mass is 366 g/mol. The van der Waals surface area contributed by atoms with Gasteiger partial charge in [-0.25, -0.2) is 0 Å². The number of primary amides is 1. The summed E-state index contributed by atoms with van der Waals surface area (Å²) < 4.78 is 5.49. The molecule has 0 spiro atoms. The number of rotatable bonds is 7. The lowest BCUT2D eigenvalue weighted by Gasteiger charge is -2.12. The summed E-state index contributed by atoms with van der Waals surface area (Å²) >= 11 is 6.24. The Bertz CT molecular complexity index is 715. The fraction of sp³-hybridized carbons (Fsp3) is 0.200. The van der Waals surface area contributed by atoms with Gasteiger partial charge in [0, 0.05) is 6.54 Å². The third-order valence-electron chi connectivity index (χ3n) is 2.98. The van der Waals surface area contributed by atoms with Gasteiger partial charge in [-0.15, -0.1) is 0 Å². The van der Waals surface area contributed by atoms with Crippen molar-refractivity contribution in [1.29, 1.82) is 0 Å². The zero-order chi connectivity index (χ0) is 17.7. The van der Waals surface area contributed by atoms with E-state index in [4.69, 9.17) is 27.8 Å². The number of ether oxygens (including phenoxy) is 1. The van der Waals surface area contributed by atoms with Crippen LogP contribution in [-0.2, 0) is 14.4 Å². The first-order chi connectivity index (χ1) is 11.4. The highest BCUT2D eigenvalue weighted by atomic mass is 32.2. The molecule has 2 amide bonds. The molecular weight excluding hydrogens is 352 g/mol. The van der Waals surface area contributed by atoms with Gasteiger partial charge in [0.2, 0.25) is 0 Å². The van der Waals surface area contributed by atoms with Gasteiger partial charge in [-0.05, 0) is 23.8 Å². The molecule has 9 heteroatoms. The van der Waals surface area contributed by atoms with Crippen LogP contribution in [0.2, 0.25) is 0 Å². The first-order valence-electron chi connectivity index (χ1n) is 6.85. The minimum atomic E-state index is -0.987. The van der Waals surface area contributed by atoms with E-state index in [9.17, 15) is 14.4 Å². The van der Waals surface area contributed by atoms with Crippen LogP contribution in [0.1, 0.15) is 12.0 Å². The second-order valence-corrected chi connectivity index (χ2v) is 6.48. The van der Waals surface area contributed by atoms with Gasteiger partial charge in [0.05, 0.1) is 11.3 Å². The summed E-state index contributed by atoms with van der Waals surface area (Å²) in [6.07, 6.45) is 1.50. The number of carboxylic acids is 1. The van der Waals surface area contributed by atoms with Crippen LogP contribution < -0.4 is 10.5 Å². The predicted molar refractivity (Wildman–Crippen MR) is 93.3 cm³/mol. The number of aliphatic carboxylic acids is 1. The largest absolute Gasteiger partial charge is 0.484 e. The van der Waals surface area contributed by atoms with E-state index in [0.29, 0.717) is 15.0 Å². The number of benzene rings is 1. The van der Waals surface area contributed by atoms with E-state index in [0.717, 1.165) is 17.3 Å². The van der Waals surface area contributed by atoms with Crippen LogP contribution in [0.5, 0.6) is 5.75 Å². The summed E-state index contributed by atoms with van der Waals surface area (Å²) in [5, 5.41) is 8.71. The molecule has 0 radical (unpaired) electrons. The Kier molecular flexibility index (Phi) is 5.93. The van der Waals surface area contributed by atoms with Crippen molar-refractivity contribution in [2.24, 2.45) is 5.73 Å². The molecule has 24 heavy (non-hydrogen) atoms. The van der Waals surface area contributed by atoms with Crippen LogP contribution in [-0.4, -0.2) is 45.3 Å². The molecular formula is C15H14N2O5S2. The van der Waals surface area contributed by atoms with Crippen molar-refractivity contribution in [3.05, 3.63) is 34.7 Å². The third-order valence-corrected chi connectivity index (χ3v) is 4.36. The molecule has 1 aromatic carbocycles. The van der Waals surface area contributed by atoms with Crippen molar-refractivity contribution in [3.8, 4) is 5.75 Å². The topological polar surface area (TPSA) is 110 Å². The third kappa shape index (κ3) is 4.80. The Morgan fingerprint density at radius 2 is 2.00 bits per heavy atom. The summed E-state index contributed by atoms with van der Waals surface area (Å²) in [7, 11) is 0. The molecule has 3 N–H and O–H groups in total. The van der Waals surface area contributed by atoms with Gasteiger partial charge in [0.25, 0.3) is 11.8 Å². The van der Waals surface area contributed by atoms with E-state index < -0.39 is 11.9 Å². The number of thiocarbonyl (C=S) groups is 1. The Morgan fingerprint density at radius 1 is 1.33 bits per heavy atom. The van der Waals surface area contributed by atoms with Gasteiger partial charge < -0.3 is 15.6 Å². The zero-order valence-corrected chi connectivity index (χ0v) is 14.1. The second kappa shape index (κ2) is 7.93. The van der Waals surface area contributed by atoms with Crippen LogP contribution in [0, 0.1) is 0 Å². The Labute approximate surface area is 147 Å². The van der Waals surface area contributed by atoms with Crippen LogP contribution in [0.25, 0.3) is 6.08 Å². The standard InChI is InChI=1S/C15H14N2O5S2/c16-12(18)8-22-10-3-1-9(2-4-10)7-11-14(21)17(15(23)24-11)6-5-13(19)20/h1-4,7H,5-6,8H2,(H2,16,18)(H,19,20). The number of carbonyl (C=O) groups excluding carboxylic acids is 2. The maximum atomic E-state index is 12.3. The van der Waals surface area contributed by atoms with Crippen molar-refractivity contribution >= 4 is 52.2 Å². The normalized spacial score (nSPS) is 15.8. The van der Waals surface area contributed by atoms with Crippen molar-refractivity contribution < 1.29 is 24.2 Å². The number of nitrogens with two attached hydrogens (primary N) is 1. The van der Waals surface area contributed by atoms with E-state index in [1.165, 1.54) is 4.90 Å². The lowest BCUT2D eigenvalue weighted by atomic mass is 10.2. The average molecular weight is 366 g/mol. The number of thioether (sulfide) groups is 1. The SMILES string of the molecule is NC(=O)COc1ccc(C=C2SC(=S)N(CCC(=O)O)C2=O)cc1. The molecule has 126 valence electrons. The van der Waals surface area contributed by atoms with Crippen LogP contribution in [0.15, 0.2) is 29.2 Å². The van der Waals surface area contributed by atoms with Gasteiger partial charge in [-0.2, -0.15) is 0 Å². The van der Waals surface area contributed by atoms with Crippen LogP contribution in [0.3, 0.4) is 0 Å². The Morgan fingerprint density at radius 3 is 2.58 bits per heavy atom. The smallest absolute Gasteiger partial charge is 0.305 e. The minimum Gasteiger partial charge on any atom is -0.484 e. The summed E-state index contributed by atoms with van der Waals surface area (Å²) in [5.41, 5.74) is 5.75. The number of hydrogen-bond acceptors (Lipinski definition) is 6. The summed E-state index contributed by atoms with van der Waals surface area (Å²) in [4.78, 5) is 35.2. The molecule has 0 atom stereocenters. The minimum absolute atomic E-state index is 0.0528. The van der Waals surface area contributed by atoms with Crippen LogP contribution in [0.4, 0.5) is 0 Å². The molecule has 0 aliphatic carbocycles. The molecule has 1 fully saturated rings. The first kappa shape index (κ1) is 18.0. The molecule has 0 bridgehead atoms. The lowest BCUT2D eigenvalue weighted by Crippen LogP contribution is -2.30. The summed E-state index contributed by atoms with van der Waals surface area (Å²) in [6.45, 7) is -0.154. The van der Waals surface area contributed by atoms with E-state index in [2.05, 4.69) is 0 Å². The van der Waals surface area contributed by atoms with Gasteiger partial charge in [-0.1, -0.05) is 36.1 Å². The first-order valence-corrected chi connectivity index (χ1v) is 8.07. The number of amides is 2. The lowest BCUT2D eigenvalue weighted by molar-refractivity contribution is -0.137. The van der Waals surface area contributed by atoms with E-state index in [-0.39, 0.29) is 25.5 Å². The van der Waals surface area contributed by atoms with Gasteiger partial charge in [0.15, 0.2) is 6.61 Å². The summed E-state index contributed by atoms with van der Waals surface area (Å²) in [6, 6.07) is 6.75. The predicted octanol–water partition coefficient (Wildman–Crippen LogP) is 1.23. The molecule has 1 aliphatic heterocycles. The van der Waals surface area contributed by atoms with Gasteiger partial charge >= 0.3 is 5.97 Å². The van der Waals surface area contributed by atoms with Crippen molar-refractivity contribution in [2.75, 3.05) is 13.2 Å². The van der Waals surface area contributed by atoms with E-state index >= 15 is 0 Å². The van der Waals surface area contributed by atoms with Crippen molar-refractivity contribution in [3.63, 3.8) is 0 Å². The summed E-state index contributed by atoms with van der Waals surface area (Å²) in [5.74, 6) is -1.37. The molecule has 0 unspecified atom stereocenters. The van der Waals surface area contributed by atoms with Crippen molar-refractivity contribution in [2.45, 2.75) is 6.42 Å². The maximum Gasteiger partial charge on any atom is 0.305 e. The van der Waals surface area contributed by atoms with Gasteiger partial charge in [0.1, 0.15) is 10.1 Å². The highest BCUT2D eigenvalue weighted by Crippen LogP contribution is 2.32. The van der Waals surface area contributed by atoms with Crippen molar-refractivity contribution in [1.82, 2.24) is 4.90 Å². The number of hydrogen-bond donors (Lipinski definition) is 2. The maximum absolute atomic E-state index is 12.3. The number of nitrogens with zero attached hydrogens (tertiary/aromatic N) is 1. The molecule has 7 nitrogen and oxygen atoms in total. The second-order valence-electron chi connectivity index (χ2n) is 4.80. The zero-order valence-electron chi connectivity index (χ0n) is 12.4. The number of carboxylic acid groups (broad SMARTS) is 1. The highest BCUT2D eigenvalue weighted by molar-refractivity contribution is 8.26. The molecule has 1 saturated heterocycles. The quantitative estimate of drug-likeness (QED) is 0.551. The van der Waals surface area contributed by atoms with Crippen LogP contribution >= 0.6 is 24.0 Å². The highest BCUT2D eigenvalue weighted by Gasteiger charge is 2.31. The molecule has 0 aromatic heterocycles. The fourth-order valence-electron chi connectivity index (χ4n) is 1.87. The molecule has 0 saturated carbocycles. The molecule has 1 heterocycles. The fourth-order valence-corrected chi connectivity index (χ4v) is 3.17. The Hall–Kier alpha value is -2.39. The number of carbonyl (C=O) groups is 3. The molecule has 2 rings (SSSR count). The molecule has 1 aromatic rings. The molecule has 1 aliphatic rings. The average Bonchev–Trinajstić information content (AvgIpc) is 2.78. The Balaban J connectivity index is 2.05. The van der Waals surface area contributed by atoms with Gasteiger partial charge in [-0.3, -0.25) is 19.3 Å². The van der Waals surface area contributed by atoms with E-state index in [1.807, 2.05) is 0 Å². The van der Waals surface area contributed by atoms with E-state index in [1.54, 1.807) is 30.3 Å².